The fourth-order valence-electron chi connectivity index (χ4n) is 5.99. The number of hydrogen-bond donors (Lipinski definition) is 2. The number of ether oxygens (including phenoxy) is 1. The van der Waals surface area contributed by atoms with E-state index in [1.807, 2.05) is 27.8 Å². The fourth-order valence-corrected chi connectivity index (χ4v) is 5.99. The first-order valence-electron chi connectivity index (χ1n) is 10.9. The molecule has 2 N–H and O–H groups in total. The Morgan fingerprint density at radius 3 is 3.07 bits per heavy atom. The maximum absolute atomic E-state index is 13.3. The molecule has 154 valence electrons. The van der Waals surface area contributed by atoms with Crippen molar-refractivity contribution in [3.05, 3.63) is 29.6 Å². The minimum Gasteiger partial charge on any atom is -0.360 e. The highest BCUT2D eigenvalue weighted by Crippen LogP contribution is 2.53. The van der Waals surface area contributed by atoms with Crippen molar-refractivity contribution in [3.63, 3.8) is 0 Å². The van der Waals surface area contributed by atoms with Crippen molar-refractivity contribution in [1.29, 1.82) is 0 Å². The molecule has 6 rings (SSSR count). The zero-order chi connectivity index (χ0) is 19.6. The number of likely N-dealkylation sites (tertiary alicyclic amines) is 1. The van der Waals surface area contributed by atoms with E-state index in [0.717, 1.165) is 43.9 Å². The highest BCUT2D eigenvalue weighted by molar-refractivity contribution is 5.93. The van der Waals surface area contributed by atoms with Crippen LogP contribution in [0.25, 0.3) is 0 Å². The molecule has 3 fully saturated rings. The van der Waals surface area contributed by atoms with Crippen LogP contribution in [0.3, 0.4) is 0 Å². The summed E-state index contributed by atoms with van der Waals surface area (Å²) in [7, 11) is 0. The van der Waals surface area contributed by atoms with Crippen molar-refractivity contribution >= 4 is 11.8 Å². The van der Waals surface area contributed by atoms with E-state index in [-0.39, 0.29) is 17.9 Å². The van der Waals surface area contributed by atoms with Crippen LogP contribution in [-0.2, 0) is 34.0 Å². The summed E-state index contributed by atoms with van der Waals surface area (Å²) in [6, 6.07) is 2.35. The summed E-state index contributed by atoms with van der Waals surface area (Å²) < 4.78 is 8.23. The van der Waals surface area contributed by atoms with Crippen molar-refractivity contribution in [2.75, 3.05) is 13.1 Å². The molecule has 5 aliphatic rings. The van der Waals surface area contributed by atoms with Gasteiger partial charge in [-0.2, -0.15) is 5.10 Å². The molecule has 1 aliphatic carbocycles. The largest absolute Gasteiger partial charge is 0.360 e. The Morgan fingerprint density at radius 1 is 1.38 bits per heavy atom. The molecule has 4 aliphatic heterocycles. The second kappa shape index (κ2) is 6.40. The highest BCUT2D eigenvalue weighted by Gasteiger charge is 2.67. The predicted molar refractivity (Wildman–Crippen MR) is 103 cm³/mol. The number of carbonyl (C=O) groups is 2. The molecule has 1 spiro atoms. The summed E-state index contributed by atoms with van der Waals surface area (Å²) in [6.45, 7) is 3.55. The van der Waals surface area contributed by atoms with Crippen LogP contribution in [-0.4, -0.2) is 57.3 Å². The maximum Gasteiger partial charge on any atom is 0.230 e. The number of nitrogens with zero attached hydrogens (tertiary/aromatic N) is 3. The number of hydrogen-bond acceptors (Lipinski definition) is 5. The van der Waals surface area contributed by atoms with Crippen LogP contribution in [0.2, 0.25) is 0 Å². The Bertz CT molecular complexity index is 865. The van der Waals surface area contributed by atoms with E-state index in [9.17, 15) is 9.59 Å². The number of aromatic nitrogens is 2. The topological polar surface area (TPSA) is 88.5 Å². The second-order valence-electron chi connectivity index (χ2n) is 9.05. The molecule has 0 aromatic carbocycles. The maximum atomic E-state index is 13.3. The molecule has 1 saturated carbocycles. The smallest absolute Gasteiger partial charge is 0.230 e. The van der Waals surface area contributed by atoms with Crippen molar-refractivity contribution in [3.8, 4) is 0 Å². The van der Waals surface area contributed by atoms with Gasteiger partial charge in [-0.15, -0.1) is 0 Å². The molecule has 1 aromatic rings. The Balaban J connectivity index is 1.18. The lowest BCUT2D eigenvalue weighted by molar-refractivity contribution is -0.138. The lowest BCUT2D eigenvalue weighted by atomic mass is 9.77. The lowest BCUT2D eigenvalue weighted by Crippen LogP contribution is -2.44. The van der Waals surface area contributed by atoms with E-state index in [0.29, 0.717) is 19.1 Å². The van der Waals surface area contributed by atoms with Crippen LogP contribution >= 0.6 is 0 Å². The van der Waals surface area contributed by atoms with Gasteiger partial charge in [0.05, 0.1) is 49.0 Å². The van der Waals surface area contributed by atoms with Gasteiger partial charge in [0.1, 0.15) is 5.60 Å². The first-order valence-corrected chi connectivity index (χ1v) is 10.9. The normalized spacial score (nSPS) is 35.4. The van der Waals surface area contributed by atoms with Crippen LogP contribution in [0.15, 0.2) is 18.2 Å². The summed E-state index contributed by atoms with van der Waals surface area (Å²) in [5, 5.41) is 10.9. The minimum atomic E-state index is -0.606. The van der Waals surface area contributed by atoms with Crippen LogP contribution < -0.4 is 10.6 Å². The van der Waals surface area contributed by atoms with Gasteiger partial charge in [0.2, 0.25) is 11.8 Å². The first kappa shape index (κ1) is 17.7. The SMILES string of the molecule is O=C(NCc1cc2n(n1)CCNC2)[C@H]1[C@H]2C(=O)N(C3CCCC3)C[C@]23C=C[C@H]1O3. The summed E-state index contributed by atoms with van der Waals surface area (Å²) in [5.74, 6) is -0.834. The summed E-state index contributed by atoms with van der Waals surface area (Å²) in [5.41, 5.74) is 1.39. The summed E-state index contributed by atoms with van der Waals surface area (Å²) >= 11 is 0. The quantitative estimate of drug-likeness (QED) is 0.715. The zero-order valence-corrected chi connectivity index (χ0v) is 16.5. The summed E-state index contributed by atoms with van der Waals surface area (Å²) in [4.78, 5) is 28.4. The molecule has 5 heterocycles. The fraction of sp³-hybridized carbons (Fsp3) is 0.667. The first-order chi connectivity index (χ1) is 14.1. The van der Waals surface area contributed by atoms with Gasteiger partial charge in [-0.3, -0.25) is 14.3 Å². The molecule has 2 saturated heterocycles. The van der Waals surface area contributed by atoms with E-state index >= 15 is 0 Å². The van der Waals surface area contributed by atoms with Gasteiger partial charge in [0, 0.05) is 19.1 Å². The average molecular weight is 397 g/mol. The molecule has 29 heavy (non-hydrogen) atoms. The highest BCUT2D eigenvalue weighted by atomic mass is 16.5. The van der Waals surface area contributed by atoms with Gasteiger partial charge in [-0.1, -0.05) is 25.0 Å². The van der Waals surface area contributed by atoms with Crippen molar-refractivity contribution in [2.45, 2.75) is 63.1 Å². The molecule has 8 heteroatoms. The monoisotopic (exact) mass is 397 g/mol. The van der Waals surface area contributed by atoms with Gasteiger partial charge >= 0.3 is 0 Å². The summed E-state index contributed by atoms with van der Waals surface area (Å²) in [6.07, 6.45) is 8.22. The number of fused-ring (bicyclic) bond motifs is 2. The number of rotatable bonds is 4. The second-order valence-corrected chi connectivity index (χ2v) is 9.05. The molecule has 0 radical (unpaired) electrons. The average Bonchev–Trinajstić information content (AvgIpc) is 3.52. The number of nitrogens with one attached hydrogen (secondary N) is 2. The lowest BCUT2D eigenvalue weighted by Gasteiger charge is -2.26. The van der Waals surface area contributed by atoms with Crippen LogP contribution in [0.1, 0.15) is 37.1 Å². The number of carbonyl (C=O) groups excluding carboxylic acids is 2. The Labute approximate surface area is 169 Å². The Hall–Kier alpha value is -2.19. The Morgan fingerprint density at radius 2 is 2.24 bits per heavy atom. The van der Waals surface area contributed by atoms with Gasteiger partial charge in [0.15, 0.2) is 0 Å². The minimum absolute atomic E-state index is 0.100. The molecule has 4 atom stereocenters. The van der Waals surface area contributed by atoms with E-state index in [2.05, 4.69) is 15.7 Å². The molecular formula is C21H27N5O3. The van der Waals surface area contributed by atoms with Gasteiger partial charge in [-0.25, -0.2) is 0 Å². The van der Waals surface area contributed by atoms with Gasteiger partial charge in [0.25, 0.3) is 0 Å². The van der Waals surface area contributed by atoms with Crippen molar-refractivity contribution < 1.29 is 14.3 Å². The molecule has 8 nitrogen and oxygen atoms in total. The zero-order valence-electron chi connectivity index (χ0n) is 16.5. The van der Waals surface area contributed by atoms with E-state index in [4.69, 9.17) is 4.74 Å². The molecule has 0 unspecified atom stereocenters. The van der Waals surface area contributed by atoms with Crippen molar-refractivity contribution in [2.24, 2.45) is 11.8 Å². The standard InChI is InChI=1S/C21H27N5O3/c27-19(23-10-13-9-15-11-22-7-8-26(15)24-13)17-16-5-6-21(29-16)12-25(20(28)18(17)21)14-3-1-2-4-14/h5-6,9,14,16-18,22H,1-4,7-8,10-12H2,(H,23,27)/t16-,17-,18+,21-/m1/s1. The van der Waals surface area contributed by atoms with Crippen LogP contribution in [0.4, 0.5) is 0 Å². The molecule has 2 bridgehead atoms. The van der Waals surface area contributed by atoms with E-state index < -0.39 is 17.4 Å². The van der Waals surface area contributed by atoms with Gasteiger partial charge in [-0.05, 0) is 18.9 Å². The van der Waals surface area contributed by atoms with E-state index in [1.54, 1.807) is 0 Å². The Kier molecular flexibility index (Phi) is 3.90. The molecule has 2 amide bonds. The molecular weight excluding hydrogens is 370 g/mol. The number of amides is 2. The van der Waals surface area contributed by atoms with Crippen LogP contribution in [0, 0.1) is 11.8 Å². The van der Waals surface area contributed by atoms with Crippen molar-refractivity contribution in [1.82, 2.24) is 25.3 Å². The molecule has 1 aromatic heterocycles. The van der Waals surface area contributed by atoms with Crippen LogP contribution in [0.5, 0.6) is 0 Å². The predicted octanol–water partition coefficient (Wildman–Crippen LogP) is 0.327. The third-order valence-corrected chi connectivity index (χ3v) is 7.36. The third-order valence-electron chi connectivity index (χ3n) is 7.36. The van der Waals surface area contributed by atoms with Gasteiger partial charge < -0.3 is 20.3 Å². The third kappa shape index (κ3) is 2.61. The van der Waals surface area contributed by atoms with E-state index in [1.165, 1.54) is 12.8 Å².